The van der Waals surface area contributed by atoms with Gasteiger partial charge in [-0.2, -0.15) is 0 Å². The molecule has 0 fully saturated rings. The predicted octanol–water partition coefficient (Wildman–Crippen LogP) is 7.50. The molecule has 7 nitrogen and oxygen atoms in total. The van der Waals surface area contributed by atoms with Crippen LogP contribution in [0.5, 0.6) is 0 Å². The summed E-state index contributed by atoms with van der Waals surface area (Å²) in [5.74, 6) is -0.313. The lowest BCUT2D eigenvalue weighted by Gasteiger charge is -2.20. The van der Waals surface area contributed by atoms with E-state index in [9.17, 15) is 0 Å². The Labute approximate surface area is 241 Å². The Hall–Kier alpha value is -4.90. The van der Waals surface area contributed by atoms with Gasteiger partial charge in [-0.15, -0.1) is 12.8 Å². The number of pyridine rings is 2. The number of nitrogens with one attached hydrogen (secondary N) is 3. The van der Waals surface area contributed by atoms with Crippen molar-refractivity contribution in [3.8, 4) is 29.7 Å². The molecule has 0 unspecified atom stereocenters. The van der Waals surface area contributed by atoms with Crippen molar-refractivity contribution in [3.05, 3.63) is 96.5 Å². The molecule has 3 N–H and O–H groups in total. The lowest BCUT2D eigenvalue weighted by molar-refractivity contribution is 0.411. The number of imidazole rings is 1. The summed E-state index contributed by atoms with van der Waals surface area (Å²) in [6, 6.07) is 9.42. The molecular weight excluding hydrogens is 513 g/mol. The van der Waals surface area contributed by atoms with Gasteiger partial charge in [-0.3, -0.25) is 4.98 Å². The van der Waals surface area contributed by atoms with Gasteiger partial charge in [-0.1, -0.05) is 27.4 Å². The van der Waals surface area contributed by atoms with Crippen LogP contribution in [0.3, 0.4) is 0 Å². The number of nitrogens with zero attached hydrogens (tertiary/aromatic N) is 4. The van der Waals surface area contributed by atoms with Crippen molar-refractivity contribution in [2.45, 2.75) is 40.5 Å². The van der Waals surface area contributed by atoms with E-state index in [1.165, 1.54) is 0 Å². The van der Waals surface area contributed by atoms with Crippen LogP contribution in [0.15, 0.2) is 73.7 Å². The molecule has 0 saturated carbocycles. The number of hydrogen-bond donors (Lipinski definition) is 3. The highest BCUT2D eigenvalue weighted by molar-refractivity contribution is 5.86. The number of aryl methyl sites for hydroxylation is 1. The van der Waals surface area contributed by atoms with Gasteiger partial charge in [-0.05, 0) is 54.7 Å². The van der Waals surface area contributed by atoms with Crippen LogP contribution in [0, 0.1) is 31.0 Å². The van der Waals surface area contributed by atoms with Gasteiger partial charge >= 0.3 is 0 Å². The molecule has 0 bridgehead atoms. The van der Waals surface area contributed by atoms with E-state index in [1.807, 2.05) is 35.9 Å². The fraction of sp³-hybridized carbons (Fsp3) is 0.242. The lowest BCUT2D eigenvalue weighted by atomic mass is 9.91. The first kappa shape index (κ1) is 29.1. The first-order valence-electron chi connectivity index (χ1n) is 13.3. The second-order valence-corrected chi connectivity index (χ2v) is 11.2. The monoisotopic (exact) mass is 549 g/mol. The average Bonchev–Trinajstić information content (AvgIpc) is 3.55. The Kier molecular flexibility index (Phi) is 8.58. The molecule has 4 aromatic heterocycles. The molecule has 0 radical (unpaired) electrons. The van der Waals surface area contributed by atoms with Gasteiger partial charge in [0, 0.05) is 65.7 Å². The molecule has 210 valence electrons. The number of fused-ring (bicyclic) bond motifs is 1. The van der Waals surface area contributed by atoms with E-state index in [-0.39, 0.29) is 11.2 Å². The Morgan fingerprint density at radius 3 is 2.59 bits per heavy atom. The fourth-order valence-electron chi connectivity index (χ4n) is 4.91. The summed E-state index contributed by atoms with van der Waals surface area (Å²) in [5.41, 5.74) is 8.37. The minimum absolute atomic E-state index is 0.107. The van der Waals surface area contributed by atoms with Gasteiger partial charge in [0.2, 0.25) is 0 Å². The maximum Gasteiger partial charge on any atom is 0.139 e. The van der Waals surface area contributed by atoms with E-state index in [2.05, 4.69) is 76.8 Å². The number of allylic oxidation sites excluding steroid dienone is 1. The molecule has 5 aromatic rings. The third-order valence-electron chi connectivity index (χ3n) is 6.51. The number of H-pyrrole nitrogens is 1. The minimum Gasteiger partial charge on any atom is -0.388 e. The molecule has 0 aliphatic carbocycles. The summed E-state index contributed by atoms with van der Waals surface area (Å²) in [6.07, 6.45) is 18.4. The van der Waals surface area contributed by atoms with Crippen LogP contribution in [0.25, 0.3) is 27.8 Å². The number of aromatic amines is 1. The van der Waals surface area contributed by atoms with Gasteiger partial charge < -0.3 is 20.2 Å². The number of hydrogen-bond acceptors (Lipinski definition) is 5. The Balaban J connectivity index is 0.00000189. The molecule has 0 amide bonds. The summed E-state index contributed by atoms with van der Waals surface area (Å²) in [7, 11) is 1.80. The second-order valence-electron chi connectivity index (χ2n) is 11.2. The molecule has 41 heavy (non-hydrogen) atoms. The van der Waals surface area contributed by atoms with Crippen molar-refractivity contribution in [3.63, 3.8) is 0 Å². The molecule has 0 atom stereocenters. The van der Waals surface area contributed by atoms with Crippen LogP contribution in [0.1, 0.15) is 44.1 Å². The largest absolute Gasteiger partial charge is 0.388 e. The van der Waals surface area contributed by atoms with Crippen LogP contribution in [-0.2, 0) is 6.42 Å². The lowest BCUT2D eigenvalue weighted by Crippen LogP contribution is -2.10. The number of benzene rings is 1. The summed E-state index contributed by atoms with van der Waals surface area (Å²) < 4.78 is 17.3. The smallest absolute Gasteiger partial charge is 0.139 e. The normalized spacial score (nSPS) is 11.1. The summed E-state index contributed by atoms with van der Waals surface area (Å²) in [5, 5.41) is 7.47. The Bertz CT molecular complexity index is 1700. The van der Waals surface area contributed by atoms with Crippen LogP contribution in [0.4, 0.5) is 15.8 Å². The molecule has 1 aromatic carbocycles. The van der Waals surface area contributed by atoms with Crippen molar-refractivity contribution < 1.29 is 4.39 Å². The molecule has 0 spiro atoms. The van der Waals surface area contributed by atoms with E-state index < -0.39 is 0 Å². The van der Waals surface area contributed by atoms with E-state index in [4.69, 9.17) is 0 Å². The standard InChI is InChI=1S/C31H34FN7.C2H2/c1-19(14-31(3,4)5)37-24-10-22(15-34-16-24)25-11-21(28(33-6)13-27(25)32)9-23-12-26-29(7-8-35-30(26)38-23)39-17-20(2)36-18-39;1-2/h7-8,10-13,15-18,33,37H,1,9,14H2,2-6H3,(H,35,38);1-2H. The quantitative estimate of drug-likeness (QED) is 0.175. The highest BCUT2D eigenvalue weighted by Gasteiger charge is 2.16. The summed E-state index contributed by atoms with van der Waals surface area (Å²) >= 11 is 0. The number of terminal acetylenes is 1. The van der Waals surface area contributed by atoms with Crippen LogP contribution in [0.2, 0.25) is 0 Å². The van der Waals surface area contributed by atoms with Gasteiger partial charge in [0.1, 0.15) is 11.5 Å². The van der Waals surface area contributed by atoms with Crippen molar-refractivity contribution in [2.24, 2.45) is 5.41 Å². The third-order valence-corrected chi connectivity index (χ3v) is 6.51. The first-order valence-corrected chi connectivity index (χ1v) is 13.3. The molecule has 0 saturated heterocycles. The Morgan fingerprint density at radius 1 is 1.12 bits per heavy atom. The summed E-state index contributed by atoms with van der Waals surface area (Å²) in [4.78, 5) is 16.7. The number of anilines is 2. The van der Waals surface area contributed by atoms with Gasteiger partial charge in [-0.25, -0.2) is 14.4 Å². The fourth-order valence-corrected chi connectivity index (χ4v) is 4.91. The highest BCUT2D eigenvalue weighted by Crippen LogP contribution is 2.32. The maximum atomic E-state index is 15.3. The average molecular weight is 550 g/mol. The zero-order valence-electron chi connectivity index (χ0n) is 24.2. The van der Waals surface area contributed by atoms with Gasteiger partial charge in [0.25, 0.3) is 0 Å². The van der Waals surface area contributed by atoms with Crippen LogP contribution in [-0.4, -0.2) is 31.6 Å². The zero-order valence-corrected chi connectivity index (χ0v) is 24.2. The van der Waals surface area contributed by atoms with E-state index >= 15 is 4.39 Å². The molecule has 8 heteroatoms. The number of rotatable bonds is 8. The summed E-state index contributed by atoms with van der Waals surface area (Å²) in [6.45, 7) is 12.6. The van der Waals surface area contributed by atoms with E-state index in [0.29, 0.717) is 17.5 Å². The molecule has 5 rings (SSSR count). The highest BCUT2D eigenvalue weighted by atomic mass is 19.1. The van der Waals surface area contributed by atoms with Crippen molar-refractivity contribution in [1.29, 1.82) is 0 Å². The maximum absolute atomic E-state index is 15.3. The second kappa shape index (κ2) is 12.1. The topological polar surface area (TPSA) is 83.5 Å². The number of halogens is 1. The van der Waals surface area contributed by atoms with E-state index in [1.54, 1.807) is 38.0 Å². The molecule has 4 heterocycles. The Morgan fingerprint density at radius 2 is 1.90 bits per heavy atom. The van der Waals surface area contributed by atoms with E-state index in [0.717, 1.165) is 57.2 Å². The first-order chi connectivity index (χ1) is 19.6. The molecular formula is C33H36FN7. The molecule has 0 aliphatic heterocycles. The van der Waals surface area contributed by atoms with Gasteiger partial charge in [0.15, 0.2) is 0 Å². The van der Waals surface area contributed by atoms with Crippen molar-refractivity contribution >= 4 is 22.4 Å². The van der Waals surface area contributed by atoms with Crippen LogP contribution >= 0.6 is 0 Å². The SMILES string of the molecule is C#C.C=C(CC(C)(C)C)Nc1cncc(-c2cc(Cc3cc4c(-n5cnc(C)c5)ccnc4[nH]3)c(NC)cc2F)c1. The zero-order chi connectivity index (χ0) is 29.7. The number of aromatic nitrogens is 5. The molecule has 0 aliphatic rings. The minimum atomic E-state index is -0.313. The van der Waals surface area contributed by atoms with Crippen LogP contribution < -0.4 is 10.6 Å². The predicted molar refractivity (Wildman–Crippen MR) is 167 cm³/mol. The van der Waals surface area contributed by atoms with Crippen molar-refractivity contribution in [1.82, 2.24) is 24.5 Å². The van der Waals surface area contributed by atoms with Gasteiger partial charge in [0.05, 0.1) is 29.6 Å². The van der Waals surface area contributed by atoms with Crippen molar-refractivity contribution in [2.75, 3.05) is 17.7 Å². The third kappa shape index (κ3) is 6.82.